The average Bonchev–Trinajstić information content (AvgIpc) is 2.74. The van der Waals surface area contributed by atoms with Gasteiger partial charge in [0.25, 0.3) is 5.91 Å². The quantitative estimate of drug-likeness (QED) is 0.659. The van der Waals surface area contributed by atoms with Gasteiger partial charge in [-0.25, -0.2) is 0 Å². The summed E-state index contributed by atoms with van der Waals surface area (Å²) in [5.41, 5.74) is 2.36. The van der Waals surface area contributed by atoms with Gasteiger partial charge in [-0.05, 0) is 42.7 Å². The number of methoxy groups -OCH3 is 3. The van der Waals surface area contributed by atoms with Crippen LogP contribution < -0.4 is 24.8 Å². The lowest BCUT2D eigenvalue weighted by atomic mass is 10.0. The summed E-state index contributed by atoms with van der Waals surface area (Å²) in [6.07, 6.45) is 0. The van der Waals surface area contributed by atoms with E-state index >= 15 is 0 Å². The maximum Gasteiger partial charge on any atom is 0.251 e. The third-order valence-corrected chi connectivity index (χ3v) is 4.74. The molecule has 2 aromatic rings. The number of carbonyl (C=O) groups excluding carboxylic acids is 2. The lowest BCUT2D eigenvalue weighted by Gasteiger charge is -2.22. The number of ether oxygens (including phenoxy) is 3. The Hall–Kier alpha value is -3.22. The summed E-state index contributed by atoms with van der Waals surface area (Å²) in [5.74, 6) is 0.874. The number of benzene rings is 2. The molecule has 0 bridgehead atoms. The largest absolute Gasteiger partial charge is 0.493 e. The molecule has 7 heteroatoms. The Labute approximate surface area is 177 Å². The first-order valence-electron chi connectivity index (χ1n) is 9.74. The van der Waals surface area contributed by atoms with Gasteiger partial charge in [-0.1, -0.05) is 31.5 Å². The topological polar surface area (TPSA) is 85.9 Å². The van der Waals surface area contributed by atoms with E-state index in [-0.39, 0.29) is 24.3 Å². The fourth-order valence-electron chi connectivity index (χ4n) is 3.00. The monoisotopic (exact) mass is 414 g/mol. The Kier molecular flexibility index (Phi) is 8.09. The third kappa shape index (κ3) is 5.65. The lowest BCUT2D eigenvalue weighted by Crippen LogP contribution is -2.49. The predicted molar refractivity (Wildman–Crippen MR) is 115 cm³/mol. The first-order valence-corrected chi connectivity index (χ1v) is 9.74. The van der Waals surface area contributed by atoms with Crippen LogP contribution in [0.2, 0.25) is 0 Å². The summed E-state index contributed by atoms with van der Waals surface area (Å²) >= 11 is 0. The normalized spacial score (nSPS) is 11.6. The van der Waals surface area contributed by atoms with E-state index in [9.17, 15) is 9.59 Å². The van der Waals surface area contributed by atoms with Gasteiger partial charge in [-0.15, -0.1) is 0 Å². The molecule has 2 rings (SSSR count). The molecule has 0 radical (unpaired) electrons. The van der Waals surface area contributed by atoms with Crippen LogP contribution in [0.15, 0.2) is 36.4 Å². The van der Waals surface area contributed by atoms with Crippen LogP contribution in [0.1, 0.15) is 35.3 Å². The highest BCUT2D eigenvalue weighted by Crippen LogP contribution is 2.38. The van der Waals surface area contributed by atoms with E-state index in [1.54, 1.807) is 24.3 Å². The van der Waals surface area contributed by atoms with Gasteiger partial charge < -0.3 is 24.8 Å². The minimum absolute atomic E-state index is 0.0839. The van der Waals surface area contributed by atoms with E-state index in [2.05, 4.69) is 10.6 Å². The van der Waals surface area contributed by atoms with E-state index in [0.29, 0.717) is 22.8 Å². The first kappa shape index (κ1) is 23.1. The average molecular weight is 415 g/mol. The van der Waals surface area contributed by atoms with Crippen molar-refractivity contribution in [3.05, 3.63) is 53.1 Å². The second-order valence-corrected chi connectivity index (χ2v) is 7.31. The number of hydrogen-bond donors (Lipinski definition) is 2. The zero-order valence-electron chi connectivity index (χ0n) is 18.4. The van der Waals surface area contributed by atoms with E-state index < -0.39 is 6.04 Å². The Morgan fingerprint density at radius 2 is 1.50 bits per heavy atom. The second-order valence-electron chi connectivity index (χ2n) is 7.31. The van der Waals surface area contributed by atoms with Crippen molar-refractivity contribution < 1.29 is 23.8 Å². The van der Waals surface area contributed by atoms with Crippen molar-refractivity contribution in [3.63, 3.8) is 0 Å². The van der Waals surface area contributed by atoms with Crippen LogP contribution in [0.4, 0.5) is 0 Å². The number of carbonyl (C=O) groups is 2. The molecular formula is C23H30N2O5. The molecule has 0 unspecified atom stereocenters. The molecule has 2 aromatic carbocycles. The minimum atomic E-state index is -0.666. The van der Waals surface area contributed by atoms with Crippen LogP contribution >= 0.6 is 0 Å². The highest BCUT2D eigenvalue weighted by molar-refractivity contribution is 5.97. The van der Waals surface area contributed by atoms with Gasteiger partial charge in [-0.3, -0.25) is 9.59 Å². The Bertz CT molecular complexity index is 853. The van der Waals surface area contributed by atoms with Crippen LogP contribution in [-0.4, -0.2) is 39.2 Å². The number of aryl methyl sites for hydroxylation is 1. The molecule has 0 saturated heterocycles. The van der Waals surface area contributed by atoms with Gasteiger partial charge in [0.1, 0.15) is 6.04 Å². The number of amides is 2. The Morgan fingerprint density at radius 1 is 0.933 bits per heavy atom. The maximum absolute atomic E-state index is 12.8. The van der Waals surface area contributed by atoms with Crippen molar-refractivity contribution in [2.75, 3.05) is 21.3 Å². The van der Waals surface area contributed by atoms with Gasteiger partial charge >= 0.3 is 0 Å². The molecule has 0 fully saturated rings. The molecule has 30 heavy (non-hydrogen) atoms. The number of rotatable bonds is 9. The summed E-state index contributed by atoms with van der Waals surface area (Å²) in [6.45, 7) is 5.98. The van der Waals surface area contributed by atoms with Crippen LogP contribution in [0.5, 0.6) is 17.2 Å². The van der Waals surface area contributed by atoms with E-state index in [1.807, 2.05) is 32.9 Å². The lowest BCUT2D eigenvalue weighted by molar-refractivity contribution is -0.124. The number of hydrogen-bond acceptors (Lipinski definition) is 5. The molecule has 2 amide bonds. The van der Waals surface area contributed by atoms with Crippen molar-refractivity contribution in [3.8, 4) is 17.2 Å². The molecule has 0 saturated carbocycles. The molecule has 162 valence electrons. The zero-order chi connectivity index (χ0) is 22.3. The van der Waals surface area contributed by atoms with Crippen LogP contribution in [0.3, 0.4) is 0 Å². The second kappa shape index (κ2) is 10.5. The summed E-state index contributed by atoms with van der Waals surface area (Å²) in [6, 6.07) is 10.1. The summed E-state index contributed by atoms with van der Waals surface area (Å²) in [7, 11) is 4.61. The molecule has 0 heterocycles. The van der Waals surface area contributed by atoms with Crippen molar-refractivity contribution in [1.29, 1.82) is 0 Å². The smallest absolute Gasteiger partial charge is 0.251 e. The standard InChI is InChI=1S/C23H30N2O5/c1-14(2)20(25-22(26)17-9-7-15(3)8-10-17)23(27)24-13-16-11-18(28-4)21(30-6)19(12-16)29-5/h7-12,14,20H,13H2,1-6H3,(H,24,27)(H,25,26)/t20-/m0/s1. The highest BCUT2D eigenvalue weighted by atomic mass is 16.5. The van der Waals surface area contributed by atoms with E-state index in [4.69, 9.17) is 14.2 Å². The van der Waals surface area contributed by atoms with Gasteiger partial charge in [-0.2, -0.15) is 0 Å². The van der Waals surface area contributed by atoms with Gasteiger partial charge in [0.2, 0.25) is 11.7 Å². The van der Waals surface area contributed by atoms with Crippen molar-refractivity contribution in [2.45, 2.75) is 33.4 Å². The number of nitrogens with one attached hydrogen (secondary N) is 2. The molecule has 1 atom stereocenters. The fraction of sp³-hybridized carbons (Fsp3) is 0.391. The maximum atomic E-state index is 12.8. The summed E-state index contributed by atoms with van der Waals surface area (Å²) < 4.78 is 16.0. The SMILES string of the molecule is COc1cc(CNC(=O)[C@@H](NC(=O)c2ccc(C)cc2)C(C)C)cc(OC)c1OC. The van der Waals surface area contributed by atoms with Crippen molar-refractivity contribution in [2.24, 2.45) is 5.92 Å². The van der Waals surface area contributed by atoms with E-state index in [1.165, 1.54) is 21.3 Å². The van der Waals surface area contributed by atoms with Gasteiger partial charge in [0.15, 0.2) is 11.5 Å². The predicted octanol–water partition coefficient (Wildman–Crippen LogP) is 3.09. The van der Waals surface area contributed by atoms with Crippen LogP contribution in [0.25, 0.3) is 0 Å². The molecule has 0 aliphatic heterocycles. The summed E-state index contributed by atoms with van der Waals surface area (Å²) in [4.78, 5) is 25.3. The molecule has 0 spiro atoms. The summed E-state index contributed by atoms with van der Waals surface area (Å²) in [5, 5.41) is 5.71. The fourth-order valence-corrected chi connectivity index (χ4v) is 3.00. The van der Waals surface area contributed by atoms with E-state index in [0.717, 1.165) is 11.1 Å². The molecule has 2 N–H and O–H groups in total. The van der Waals surface area contributed by atoms with Crippen molar-refractivity contribution in [1.82, 2.24) is 10.6 Å². The minimum Gasteiger partial charge on any atom is -0.493 e. The first-order chi connectivity index (χ1) is 14.3. The Balaban J connectivity index is 2.10. The molecular weight excluding hydrogens is 384 g/mol. The van der Waals surface area contributed by atoms with Crippen LogP contribution in [-0.2, 0) is 11.3 Å². The Morgan fingerprint density at radius 3 is 1.97 bits per heavy atom. The molecule has 0 aliphatic carbocycles. The van der Waals surface area contributed by atoms with Crippen LogP contribution in [0, 0.1) is 12.8 Å². The van der Waals surface area contributed by atoms with Crippen molar-refractivity contribution >= 4 is 11.8 Å². The molecule has 7 nitrogen and oxygen atoms in total. The molecule has 0 aliphatic rings. The van der Waals surface area contributed by atoms with Gasteiger partial charge in [0, 0.05) is 12.1 Å². The molecule has 0 aromatic heterocycles. The highest BCUT2D eigenvalue weighted by Gasteiger charge is 2.25. The zero-order valence-corrected chi connectivity index (χ0v) is 18.4. The third-order valence-electron chi connectivity index (χ3n) is 4.74. The van der Waals surface area contributed by atoms with Gasteiger partial charge in [0.05, 0.1) is 21.3 Å².